The van der Waals surface area contributed by atoms with Crippen molar-refractivity contribution in [3.8, 4) is 0 Å². The first-order chi connectivity index (χ1) is 17.0. The number of aliphatic hydroxyl groups excluding tert-OH is 1. The molecule has 36 heavy (non-hydrogen) atoms. The third-order valence-corrected chi connectivity index (χ3v) is 5.22. The molecule has 0 aromatic rings. The number of nitrogens with one attached hydrogen (secondary N) is 4. The Bertz CT molecular complexity index is 765. The monoisotopic (exact) mass is 516 g/mol. The fourth-order valence-electron chi connectivity index (χ4n) is 3.18. The number of carbonyl (C=O) groups is 4. The zero-order valence-electron chi connectivity index (χ0n) is 21.4. The number of hydrogen-bond acceptors (Lipinski definition) is 9. The van der Waals surface area contributed by atoms with Gasteiger partial charge in [0.15, 0.2) is 5.96 Å². The van der Waals surface area contributed by atoms with Crippen molar-refractivity contribution >= 4 is 30.0 Å². The zero-order chi connectivity index (χ0) is 27.3. The maximum absolute atomic E-state index is 12.8. The van der Waals surface area contributed by atoms with Crippen LogP contribution in [0.1, 0.15) is 53.4 Å². The molecule has 206 valence electrons. The molecule has 0 aromatic heterocycles. The number of alkyl carbamates (subject to hydrolysis) is 1. The van der Waals surface area contributed by atoms with Gasteiger partial charge in [0.2, 0.25) is 11.8 Å². The maximum Gasteiger partial charge on any atom is 0.508 e. The topological polar surface area (TPSA) is 205 Å². The molecule has 1 rings (SSSR count). The molecule has 14 heteroatoms. The molecule has 1 aliphatic heterocycles. The van der Waals surface area contributed by atoms with Gasteiger partial charge in [0.05, 0.1) is 19.3 Å². The van der Waals surface area contributed by atoms with Gasteiger partial charge in [-0.25, -0.2) is 9.59 Å². The van der Waals surface area contributed by atoms with Crippen LogP contribution in [-0.4, -0.2) is 90.7 Å². The minimum Gasteiger partial charge on any atom is -0.449 e. The van der Waals surface area contributed by atoms with Gasteiger partial charge < -0.3 is 45.9 Å². The number of likely N-dealkylation sites (tertiary alicyclic amines) is 1. The molecule has 0 aliphatic carbocycles. The standard InChI is InChI=1S/C22H40N6O8/c1-5-6-10-34-22(33)36-12-16(27-21(32)35-11-13(2)3)18(30)25-14(4)17(29)26-15-8-7-9-28(19(15)31)20(23)24/h13-16,19,31H,5-12H2,1-4H3,(H3,23,24)(H,25,30)(H,26,29)(H,27,32)/t14-,15-,16+,19?/m0/s1. The molecular weight excluding hydrogens is 476 g/mol. The van der Waals surface area contributed by atoms with Gasteiger partial charge in [0, 0.05) is 6.54 Å². The van der Waals surface area contributed by atoms with E-state index in [1.807, 2.05) is 20.8 Å². The smallest absolute Gasteiger partial charge is 0.449 e. The molecule has 14 nitrogen and oxygen atoms in total. The highest BCUT2D eigenvalue weighted by Gasteiger charge is 2.33. The van der Waals surface area contributed by atoms with E-state index < -0.39 is 55.0 Å². The number of ether oxygens (including phenoxy) is 3. The number of hydrogen-bond donors (Lipinski definition) is 6. The van der Waals surface area contributed by atoms with Crippen LogP contribution in [0.25, 0.3) is 0 Å². The van der Waals surface area contributed by atoms with Gasteiger partial charge in [0.1, 0.15) is 24.9 Å². The van der Waals surface area contributed by atoms with Gasteiger partial charge in [-0.15, -0.1) is 0 Å². The predicted octanol–water partition coefficient (Wildman–Crippen LogP) is -0.0123. The van der Waals surface area contributed by atoms with E-state index in [0.717, 1.165) is 6.42 Å². The number of nitrogens with zero attached hydrogens (tertiary/aromatic N) is 1. The number of amides is 3. The number of unbranched alkanes of at least 4 members (excludes halogenated alkanes) is 1. The Kier molecular flexibility index (Phi) is 13.4. The summed E-state index contributed by atoms with van der Waals surface area (Å²) in [5, 5.41) is 25.3. The number of nitrogens with two attached hydrogens (primary N) is 1. The number of piperidine rings is 1. The van der Waals surface area contributed by atoms with E-state index >= 15 is 0 Å². The third-order valence-electron chi connectivity index (χ3n) is 5.22. The SMILES string of the molecule is CCCCOC(=O)OC[C@@H](NC(=O)OCC(C)C)C(=O)N[C@@H](C)C(=O)N[C@H]1CCCN(C(=N)N)C1O. The normalized spacial score (nSPS) is 19.0. The highest BCUT2D eigenvalue weighted by Crippen LogP contribution is 2.15. The molecule has 7 N–H and O–H groups in total. The second-order valence-corrected chi connectivity index (χ2v) is 8.93. The van der Waals surface area contributed by atoms with Crippen molar-refractivity contribution in [3.05, 3.63) is 0 Å². The fourth-order valence-corrected chi connectivity index (χ4v) is 3.18. The molecule has 0 aromatic carbocycles. The summed E-state index contributed by atoms with van der Waals surface area (Å²) < 4.78 is 14.9. The Hall–Kier alpha value is -3.29. The van der Waals surface area contributed by atoms with Gasteiger partial charge in [0.25, 0.3) is 0 Å². The first kappa shape index (κ1) is 30.7. The van der Waals surface area contributed by atoms with Crippen LogP contribution in [0.15, 0.2) is 0 Å². The van der Waals surface area contributed by atoms with Crippen LogP contribution < -0.4 is 21.7 Å². The van der Waals surface area contributed by atoms with Crippen LogP contribution in [0, 0.1) is 11.3 Å². The Morgan fingerprint density at radius 2 is 1.78 bits per heavy atom. The quantitative estimate of drug-likeness (QED) is 0.0885. The molecule has 0 saturated carbocycles. The Labute approximate surface area is 211 Å². The number of aliphatic hydroxyl groups is 1. The van der Waals surface area contributed by atoms with E-state index in [0.29, 0.717) is 25.8 Å². The van der Waals surface area contributed by atoms with E-state index in [4.69, 9.17) is 25.4 Å². The van der Waals surface area contributed by atoms with Gasteiger partial charge in [-0.2, -0.15) is 0 Å². The summed E-state index contributed by atoms with van der Waals surface area (Å²) in [5.74, 6) is -1.64. The molecule has 0 bridgehead atoms. The zero-order valence-corrected chi connectivity index (χ0v) is 21.4. The largest absolute Gasteiger partial charge is 0.508 e. The Morgan fingerprint density at radius 1 is 1.08 bits per heavy atom. The lowest BCUT2D eigenvalue weighted by molar-refractivity contribution is -0.131. The highest BCUT2D eigenvalue weighted by molar-refractivity contribution is 5.91. The lowest BCUT2D eigenvalue weighted by Gasteiger charge is -2.38. The van der Waals surface area contributed by atoms with Crippen LogP contribution in [-0.2, 0) is 23.8 Å². The van der Waals surface area contributed by atoms with Gasteiger partial charge >= 0.3 is 12.2 Å². The van der Waals surface area contributed by atoms with Crippen LogP contribution in [0.3, 0.4) is 0 Å². The van der Waals surface area contributed by atoms with Gasteiger partial charge in [-0.1, -0.05) is 27.2 Å². The summed E-state index contributed by atoms with van der Waals surface area (Å²) in [7, 11) is 0. The highest BCUT2D eigenvalue weighted by atomic mass is 16.7. The third kappa shape index (κ3) is 11.0. The number of carbonyl (C=O) groups excluding carboxylic acids is 4. The summed E-state index contributed by atoms with van der Waals surface area (Å²) in [5.41, 5.74) is 5.46. The van der Waals surface area contributed by atoms with Crippen LogP contribution >= 0.6 is 0 Å². The molecule has 1 aliphatic rings. The lowest BCUT2D eigenvalue weighted by atomic mass is 10.0. The van der Waals surface area contributed by atoms with Crippen LogP contribution in [0.4, 0.5) is 9.59 Å². The average molecular weight is 517 g/mol. The van der Waals surface area contributed by atoms with Crippen molar-refractivity contribution in [1.82, 2.24) is 20.9 Å². The molecule has 1 unspecified atom stereocenters. The molecule has 1 saturated heterocycles. The maximum atomic E-state index is 12.8. The molecule has 1 fully saturated rings. The lowest BCUT2D eigenvalue weighted by Crippen LogP contribution is -2.61. The summed E-state index contributed by atoms with van der Waals surface area (Å²) in [6, 6.07) is -3.12. The minimum atomic E-state index is -1.35. The van der Waals surface area contributed by atoms with E-state index in [1.54, 1.807) is 0 Å². The van der Waals surface area contributed by atoms with Gasteiger partial charge in [-0.3, -0.25) is 15.0 Å². The van der Waals surface area contributed by atoms with E-state index in [2.05, 4.69) is 16.0 Å². The molecule has 0 radical (unpaired) electrons. The first-order valence-electron chi connectivity index (χ1n) is 12.1. The first-order valence-corrected chi connectivity index (χ1v) is 12.1. The van der Waals surface area contributed by atoms with E-state index in [9.17, 15) is 24.3 Å². The minimum absolute atomic E-state index is 0.0607. The van der Waals surface area contributed by atoms with Crippen molar-refractivity contribution in [2.24, 2.45) is 11.7 Å². The number of guanidine groups is 1. The average Bonchev–Trinajstić information content (AvgIpc) is 2.81. The molecule has 0 spiro atoms. The summed E-state index contributed by atoms with van der Waals surface area (Å²) in [6.07, 6.45) is -0.558. The predicted molar refractivity (Wildman–Crippen MR) is 129 cm³/mol. The second-order valence-electron chi connectivity index (χ2n) is 8.93. The molecule has 3 amide bonds. The fraction of sp³-hybridized carbons (Fsp3) is 0.773. The van der Waals surface area contributed by atoms with Crippen molar-refractivity contribution in [2.75, 3.05) is 26.4 Å². The Morgan fingerprint density at radius 3 is 2.39 bits per heavy atom. The van der Waals surface area contributed by atoms with E-state index in [1.165, 1.54) is 11.8 Å². The summed E-state index contributed by atoms with van der Waals surface area (Å²) in [6.45, 7) is 7.12. The van der Waals surface area contributed by atoms with Crippen molar-refractivity contribution in [2.45, 2.75) is 77.7 Å². The van der Waals surface area contributed by atoms with Crippen molar-refractivity contribution < 1.29 is 38.5 Å². The van der Waals surface area contributed by atoms with Crippen LogP contribution in [0.2, 0.25) is 0 Å². The molecule has 4 atom stereocenters. The summed E-state index contributed by atoms with van der Waals surface area (Å²) >= 11 is 0. The van der Waals surface area contributed by atoms with Gasteiger partial charge in [-0.05, 0) is 32.1 Å². The Balaban J connectivity index is 2.73. The van der Waals surface area contributed by atoms with Crippen molar-refractivity contribution in [1.29, 1.82) is 5.41 Å². The summed E-state index contributed by atoms with van der Waals surface area (Å²) in [4.78, 5) is 50.6. The van der Waals surface area contributed by atoms with Crippen LogP contribution in [0.5, 0.6) is 0 Å². The van der Waals surface area contributed by atoms with Crippen molar-refractivity contribution in [3.63, 3.8) is 0 Å². The number of rotatable bonds is 12. The second kappa shape index (κ2) is 15.7. The molecule has 1 heterocycles. The molecular formula is C22H40N6O8. The van der Waals surface area contributed by atoms with E-state index in [-0.39, 0.29) is 25.1 Å².